The van der Waals surface area contributed by atoms with Gasteiger partial charge in [0.25, 0.3) is 0 Å². The molecule has 2 rings (SSSR count). The molecule has 3 nitrogen and oxygen atoms in total. The summed E-state index contributed by atoms with van der Waals surface area (Å²) in [6, 6.07) is 0.642. The Balaban J connectivity index is 2.16. The van der Waals surface area contributed by atoms with Gasteiger partial charge in [-0.3, -0.25) is 4.68 Å². The van der Waals surface area contributed by atoms with Gasteiger partial charge in [-0.1, -0.05) is 13.8 Å². The van der Waals surface area contributed by atoms with Crippen molar-refractivity contribution in [3.63, 3.8) is 0 Å². The van der Waals surface area contributed by atoms with Gasteiger partial charge in [0.1, 0.15) is 0 Å². The highest BCUT2D eigenvalue weighted by molar-refractivity contribution is 5.24. The first-order valence-corrected chi connectivity index (χ1v) is 6.31. The molecule has 1 saturated heterocycles. The molecule has 1 N–H and O–H groups in total. The van der Waals surface area contributed by atoms with Crippen LogP contribution >= 0.6 is 0 Å². The van der Waals surface area contributed by atoms with E-state index in [-0.39, 0.29) is 0 Å². The van der Waals surface area contributed by atoms with Gasteiger partial charge in [0.2, 0.25) is 0 Å². The molecule has 1 fully saturated rings. The van der Waals surface area contributed by atoms with E-state index in [1.807, 2.05) is 11.7 Å². The first-order chi connectivity index (χ1) is 7.58. The van der Waals surface area contributed by atoms with Gasteiger partial charge in [-0.25, -0.2) is 0 Å². The predicted octanol–water partition coefficient (Wildman–Crippen LogP) is 2.22. The van der Waals surface area contributed by atoms with E-state index in [9.17, 15) is 0 Å². The molecular weight excluding hydrogens is 198 g/mol. The zero-order valence-corrected chi connectivity index (χ0v) is 10.8. The van der Waals surface area contributed by atoms with Crippen LogP contribution < -0.4 is 5.32 Å². The average molecular weight is 221 g/mol. The molecule has 3 heteroatoms. The van der Waals surface area contributed by atoms with E-state index in [1.165, 1.54) is 24.1 Å². The van der Waals surface area contributed by atoms with E-state index in [0.717, 1.165) is 12.5 Å². The van der Waals surface area contributed by atoms with Gasteiger partial charge in [0, 0.05) is 25.2 Å². The van der Waals surface area contributed by atoms with Crippen molar-refractivity contribution >= 4 is 0 Å². The minimum absolute atomic E-state index is 0.642. The molecule has 0 radical (unpaired) electrons. The number of hydrogen-bond acceptors (Lipinski definition) is 2. The Morgan fingerprint density at radius 2 is 2.31 bits per heavy atom. The molecule has 1 aliphatic rings. The summed E-state index contributed by atoms with van der Waals surface area (Å²) in [5.41, 5.74) is 2.64. The first kappa shape index (κ1) is 11.6. The van der Waals surface area contributed by atoms with Crippen LogP contribution in [-0.2, 0) is 7.05 Å². The third-order valence-corrected chi connectivity index (χ3v) is 3.52. The fourth-order valence-corrected chi connectivity index (χ4v) is 2.88. The van der Waals surface area contributed by atoms with Crippen LogP contribution in [0.2, 0.25) is 0 Å². The van der Waals surface area contributed by atoms with E-state index in [1.54, 1.807) is 0 Å². The molecule has 0 aliphatic carbocycles. The summed E-state index contributed by atoms with van der Waals surface area (Å²) in [6.07, 6.45) is 4.71. The fourth-order valence-electron chi connectivity index (χ4n) is 2.88. The lowest BCUT2D eigenvalue weighted by Crippen LogP contribution is -2.27. The summed E-state index contributed by atoms with van der Waals surface area (Å²) >= 11 is 0. The molecular formula is C13H23N3. The van der Waals surface area contributed by atoms with Crippen LogP contribution in [0.3, 0.4) is 0 Å². The smallest absolute Gasteiger partial charge is 0.0628 e. The molecule has 1 aliphatic heterocycles. The van der Waals surface area contributed by atoms with Gasteiger partial charge in [0.05, 0.1) is 5.69 Å². The van der Waals surface area contributed by atoms with Gasteiger partial charge in [-0.05, 0) is 37.8 Å². The van der Waals surface area contributed by atoms with E-state index in [0.29, 0.717) is 12.0 Å². The fraction of sp³-hybridized carbons (Fsp3) is 0.769. The van der Waals surface area contributed by atoms with Crippen molar-refractivity contribution in [1.82, 2.24) is 15.1 Å². The Hall–Kier alpha value is -0.830. The number of aryl methyl sites for hydroxylation is 2. The van der Waals surface area contributed by atoms with Crippen LogP contribution in [0.1, 0.15) is 43.9 Å². The third kappa shape index (κ3) is 2.29. The third-order valence-electron chi connectivity index (χ3n) is 3.52. The number of hydrogen-bond donors (Lipinski definition) is 1. The van der Waals surface area contributed by atoms with Crippen molar-refractivity contribution in [2.24, 2.45) is 13.0 Å². The lowest BCUT2D eigenvalue weighted by atomic mass is 9.88. The van der Waals surface area contributed by atoms with Gasteiger partial charge in [-0.2, -0.15) is 5.10 Å². The molecule has 1 aromatic heterocycles. The summed E-state index contributed by atoms with van der Waals surface area (Å²) in [4.78, 5) is 0. The number of nitrogens with zero attached hydrogens (tertiary/aromatic N) is 2. The molecule has 0 bridgehead atoms. The Bertz CT molecular complexity index is 354. The highest BCUT2D eigenvalue weighted by Gasteiger charge is 2.30. The van der Waals surface area contributed by atoms with Crippen molar-refractivity contribution < 1.29 is 0 Å². The second kappa shape index (κ2) is 4.58. The second-order valence-corrected chi connectivity index (χ2v) is 5.43. The van der Waals surface area contributed by atoms with Crippen LogP contribution in [0.25, 0.3) is 0 Å². The molecule has 0 saturated carbocycles. The average Bonchev–Trinajstić information content (AvgIpc) is 2.72. The standard InChI is InChI=1S/C13H23N3/c1-9(2)7-13-11(5-6-14-13)12-8-16(4)15-10(12)3/h8-9,11,13-14H,5-7H2,1-4H3. The first-order valence-electron chi connectivity index (χ1n) is 6.31. The Morgan fingerprint density at radius 1 is 1.56 bits per heavy atom. The summed E-state index contributed by atoms with van der Waals surface area (Å²) in [6.45, 7) is 7.87. The lowest BCUT2D eigenvalue weighted by molar-refractivity contribution is 0.433. The number of nitrogens with one attached hydrogen (secondary N) is 1. The summed E-state index contributed by atoms with van der Waals surface area (Å²) in [7, 11) is 2.01. The molecule has 0 aromatic carbocycles. The summed E-state index contributed by atoms with van der Waals surface area (Å²) in [5, 5.41) is 8.09. The largest absolute Gasteiger partial charge is 0.313 e. The molecule has 2 unspecified atom stereocenters. The minimum Gasteiger partial charge on any atom is -0.313 e. The van der Waals surface area contributed by atoms with Crippen molar-refractivity contribution in [1.29, 1.82) is 0 Å². The van der Waals surface area contributed by atoms with Crippen LogP contribution in [0.5, 0.6) is 0 Å². The molecule has 0 amide bonds. The Kier molecular flexibility index (Phi) is 3.33. The van der Waals surface area contributed by atoms with Crippen molar-refractivity contribution in [2.45, 2.75) is 45.6 Å². The second-order valence-electron chi connectivity index (χ2n) is 5.43. The zero-order valence-electron chi connectivity index (χ0n) is 10.8. The summed E-state index contributed by atoms with van der Waals surface area (Å²) in [5.74, 6) is 1.42. The minimum atomic E-state index is 0.642. The van der Waals surface area contributed by atoms with Crippen LogP contribution in [0.4, 0.5) is 0 Å². The van der Waals surface area contributed by atoms with Crippen molar-refractivity contribution in [3.8, 4) is 0 Å². The van der Waals surface area contributed by atoms with Crippen molar-refractivity contribution in [2.75, 3.05) is 6.54 Å². The van der Waals surface area contributed by atoms with E-state index >= 15 is 0 Å². The summed E-state index contributed by atoms with van der Waals surface area (Å²) < 4.78 is 1.94. The van der Waals surface area contributed by atoms with E-state index in [4.69, 9.17) is 0 Å². The van der Waals surface area contributed by atoms with Crippen LogP contribution in [0.15, 0.2) is 6.20 Å². The predicted molar refractivity (Wildman–Crippen MR) is 66.5 cm³/mol. The van der Waals surface area contributed by atoms with E-state index < -0.39 is 0 Å². The molecule has 1 aromatic rings. The van der Waals surface area contributed by atoms with Crippen LogP contribution in [0, 0.1) is 12.8 Å². The van der Waals surface area contributed by atoms with E-state index in [2.05, 4.69) is 37.4 Å². The maximum Gasteiger partial charge on any atom is 0.0628 e. The van der Waals surface area contributed by atoms with Gasteiger partial charge >= 0.3 is 0 Å². The molecule has 2 atom stereocenters. The number of aromatic nitrogens is 2. The normalized spacial score (nSPS) is 25.6. The van der Waals surface area contributed by atoms with Crippen molar-refractivity contribution in [3.05, 3.63) is 17.5 Å². The SMILES string of the molecule is Cc1nn(C)cc1C1CCNC1CC(C)C. The molecule has 90 valence electrons. The van der Waals surface area contributed by atoms with Gasteiger partial charge in [0.15, 0.2) is 0 Å². The maximum absolute atomic E-state index is 4.46. The number of rotatable bonds is 3. The monoisotopic (exact) mass is 221 g/mol. The highest BCUT2D eigenvalue weighted by Crippen LogP contribution is 2.32. The lowest BCUT2D eigenvalue weighted by Gasteiger charge is -2.21. The molecule has 16 heavy (non-hydrogen) atoms. The Labute approximate surface area is 98.2 Å². The quantitative estimate of drug-likeness (QED) is 0.848. The van der Waals surface area contributed by atoms with Crippen LogP contribution in [-0.4, -0.2) is 22.4 Å². The van der Waals surface area contributed by atoms with Gasteiger partial charge < -0.3 is 5.32 Å². The zero-order chi connectivity index (χ0) is 11.7. The molecule has 0 spiro atoms. The maximum atomic E-state index is 4.46. The highest BCUT2D eigenvalue weighted by atomic mass is 15.2. The molecule has 2 heterocycles. The Morgan fingerprint density at radius 3 is 2.88 bits per heavy atom. The topological polar surface area (TPSA) is 29.9 Å². The van der Waals surface area contributed by atoms with Gasteiger partial charge in [-0.15, -0.1) is 0 Å².